The molecule has 1 aliphatic rings. The highest BCUT2D eigenvalue weighted by Gasteiger charge is 2.34. The Bertz CT molecular complexity index is 2020. The topological polar surface area (TPSA) is 95.2 Å². The fourth-order valence-electron chi connectivity index (χ4n) is 5.75. The summed E-state index contributed by atoms with van der Waals surface area (Å²) >= 11 is 6.54. The van der Waals surface area contributed by atoms with Gasteiger partial charge < -0.3 is 14.5 Å². The lowest BCUT2D eigenvalue weighted by atomic mass is 9.96. The third-order valence-corrected chi connectivity index (χ3v) is 8.17. The van der Waals surface area contributed by atoms with Crippen molar-refractivity contribution in [2.45, 2.75) is 19.4 Å². The fraction of sp³-hybridized carbons (Fsp3) is 0.206. The first-order valence-electron chi connectivity index (χ1n) is 14.2. The number of piperazine rings is 1. The van der Waals surface area contributed by atoms with E-state index in [9.17, 15) is 10.1 Å². The number of fused-ring (bicyclic) bond motifs is 2. The first kappa shape index (κ1) is 29.9. The number of anilines is 1. The lowest BCUT2D eigenvalue weighted by Crippen LogP contribution is -2.55. The molecule has 1 aliphatic heterocycles. The molecule has 1 fully saturated rings. The maximum absolute atomic E-state index is 16.4. The number of halogens is 3. The first-order chi connectivity index (χ1) is 21.8. The number of hydrogen-bond acceptors (Lipinski definition) is 7. The summed E-state index contributed by atoms with van der Waals surface area (Å²) in [6.07, 6.45) is 1.05. The van der Waals surface area contributed by atoms with Gasteiger partial charge in [-0.25, -0.2) is 8.78 Å². The summed E-state index contributed by atoms with van der Waals surface area (Å²) in [5.41, 5.74) is 2.00. The number of pyridine rings is 1. The van der Waals surface area contributed by atoms with Gasteiger partial charge in [-0.1, -0.05) is 54.1 Å². The molecule has 1 atom stereocenters. The van der Waals surface area contributed by atoms with Crippen LogP contribution < -0.4 is 9.64 Å². The van der Waals surface area contributed by atoms with Crippen LogP contribution in [0.25, 0.3) is 38.9 Å². The Morgan fingerprint density at radius 1 is 1.07 bits per heavy atom. The number of nitriles is 1. The van der Waals surface area contributed by atoms with Gasteiger partial charge in [0.1, 0.15) is 11.3 Å². The molecule has 3 aromatic carbocycles. The molecule has 0 spiro atoms. The minimum absolute atomic E-state index is 0.0422. The molecule has 1 unspecified atom stereocenters. The van der Waals surface area contributed by atoms with Crippen molar-refractivity contribution in [2.75, 3.05) is 31.6 Å². The van der Waals surface area contributed by atoms with Crippen molar-refractivity contribution in [3.63, 3.8) is 0 Å². The molecule has 3 heterocycles. The monoisotopic (exact) mass is 624 g/mol. The average Bonchev–Trinajstić information content (AvgIpc) is 3.04. The first-order valence-corrected chi connectivity index (χ1v) is 14.6. The van der Waals surface area contributed by atoms with Gasteiger partial charge in [-0.2, -0.15) is 15.2 Å². The van der Waals surface area contributed by atoms with Crippen molar-refractivity contribution in [3.05, 3.63) is 94.8 Å². The van der Waals surface area contributed by atoms with Crippen LogP contribution >= 0.6 is 11.6 Å². The number of ether oxygens (including phenoxy) is 1. The van der Waals surface area contributed by atoms with E-state index >= 15 is 8.78 Å². The van der Waals surface area contributed by atoms with Crippen LogP contribution in [0.4, 0.5) is 14.6 Å². The Labute approximate surface area is 263 Å². The summed E-state index contributed by atoms with van der Waals surface area (Å²) in [5.74, 6) is -1.98. The highest BCUT2D eigenvalue weighted by atomic mass is 35.5. The summed E-state index contributed by atoms with van der Waals surface area (Å²) in [5, 5.41) is 12.1. The third-order valence-electron chi connectivity index (χ3n) is 7.85. The minimum atomic E-state index is -0.971. The van der Waals surface area contributed by atoms with Crippen LogP contribution in [-0.4, -0.2) is 58.5 Å². The zero-order valence-electron chi connectivity index (χ0n) is 24.5. The molecular weight excluding hydrogens is 598 g/mol. The zero-order valence-corrected chi connectivity index (χ0v) is 25.2. The van der Waals surface area contributed by atoms with E-state index in [1.54, 1.807) is 43.3 Å². The van der Waals surface area contributed by atoms with Crippen LogP contribution in [0.3, 0.4) is 0 Å². The maximum atomic E-state index is 16.4. The molecule has 1 saturated heterocycles. The van der Waals surface area contributed by atoms with Gasteiger partial charge in [-0.05, 0) is 42.1 Å². The average molecular weight is 625 g/mol. The Kier molecular flexibility index (Phi) is 8.28. The van der Waals surface area contributed by atoms with Crippen molar-refractivity contribution in [2.24, 2.45) is 0 Å². The van der Waals surface area contributed by atoms with Crippen LogP contribution in [0.1, 0.15) is 17.8 Å². The fourth-order valence-corrected chi connectivity index (χ4v) is 6.04. The SMILES string of the molecule is COc1nc(N2CCN(C(=O)/C(F)=C/c3cccc(C)n3)C(CC#N)C2)c2ccc(-c3cccc4cccc(Cl)c34)c(F)c2n1. The smallest absolute Gasteiger partial charge is 0.318 e. The molecule has 0 bridgehead atoms. The van der Waals surface area contributed by atoms with Gasteiger partial charge in [-0.3, -0.25) is 9.78 Å². The van der Waals surface area contributed by atoms with E-state index in [4.69, 9.17) is 16.3 Å². The minimum Gasteiger partial charge on any atom is -0.467 e. The molecule has 8 nitrogen and oxygen atoms in total. The van der Waals surface area contributed by atoms with Gasteiger partial charge in [0.2, 0.25) is 0 Å². The molecule has 2 aromatic heterocycles. The predicted molar refractivity (Wildman–Crippen MR) is 170 cm³/mol. The molecule has 0 saturated carbocycles. The molecular formula is C34H27ClF2N6O2. The molecule has 0 aliphatic carbocycles. The third kappa shape index (κ3) is 5.75. The van der Waals surface area contributed by atoms with Crippen LogP contribution in [0.15, 0.2) is 72.6 Å². The predicted octanol–water partition coefficient (Wildman–Crippen LogP) is 6.90. The lowest BCUT2D eigenvalue weighted by molar-refractivity contribution is -0.131. The Morgan fingerprint density at radius 3 is 2.60 bits per heavy atom. The van der Waals surface area contributed by atoms with Crippen molar-refractivity contribution in [3.8, 4) is 23.2 Å². The van der Waals surface area contributed by atoms with E-state index < -0.39 is 23.6 Å². The number of nitrogens with zero attached hydrogens (tertiary/aromatic N) is 6. The second kappa shape index (κ2) is 12.5. The second-order valence-corrected chi connectivity index (χ2v) is 11.1. The molecule has 1 amide bonds. The van der Waals surface area contributed by atoms with Gasteiger partial charge in [0, 0.05) is 52.8 Å². The Balaban J connectivity index is 1.36. The Morgan fingerprint density at radius 2 is 1.84 bits per heavy atom. The molecule has 6 rings (SSSR count). The molecule has 45 heavy (non-hydrogen) atoms. The number of benzene rings is 3. The number of carbonyl (C=O) groups is 1. The van der Waals surface area contributed by atoms with Gasteiger partial charge in [0.25, 0.3) is 5.91 Å². The summed E-state index contributed by atoms with van der Waals surface area (Å²) in [7, 11) is 1.39. The van der Waals surface area contributed by atoms with Crippen molar-refractivity contribution < 1.29 is 18.3 Å². The van der Waals surface area contributed by atoms with Crippen molar-refractivity contribution in [1.82, 2.24) is 19.9 Å². The van der Waals surface area contributed by atoms with Crippen LogP contribution in [0.5, 0.6) is 6.01 Å². The number of amides is 1. The number of aryl methyl sites for hydroxylation is 1. The van der Waals surface area contributed by atoms with Gasteiger partial charge in [0.05, 0.1) is 31.3 Å². The molecule has 5 aromatic rings. The van der Waals surface area contributed by atoms with E-state index in [0.717, 1.165) is 16.8 Å². The maximum Gasteiger partial charge on any atom is 0.318 e. The summed E-state index contributed by atoms with van der Waals surface area (Å²) in [6, 6.07) is 21.0. The van der Waals surface area contributed by atoms with E-state index in [1.165, 1.54) is 12.0 Å². The van der Waals surface area contributed by atoms with Gasteiger partial charge in [-0.15, -0.1) is 0 Å². The highest BCUT2D eigenvalue weighted by molar-refractivity contribution is 6.36. The molecule has 11 heteroatoms. The van der Waals surface area contributed by atoms with Crippen molar-refractivity contribution in [1.29, 1.82) is 5.26 Å². The molecule has 226 valence electrons. The number of hydrogen-bond donors (Lipinski definition) is 0. The molecule has 0 radical (unpaired) electrons. The van der Waals surface area contributed by atoms with E-state index in [-0.39, 0.29) is 37.6 Å². The van der Waals surface area contributed by atoms with Gasteiger partial charge >= 0.3 is 6.01 Å². The quantitative estimate of drug-likeness (QED) is 0.190. The van der Waals surface area contributed by atoms with E-state index in [2.05, 4.69) is 21.0 Å². The number of aromatic nitrogens is 3. The summed E-state index contributed by atoms with van der Waals surface area (Å²) < 4.78 is 36.9. The van der Waals surface area contributed by atoms with Crippen LogP contribution in [0.2, 0.25) is 5.02 Å². The number of methoxy groups -OCH3 is 1. The van der Waals surface area contributed by atoms with E-state index in [1.807, 2.05) is 35.2 Å². The largest absolute Gasteiger partial charge is 0.467 e. The zero-order chi connectivity index (χ0) is 31.7. The lowest BCUT2D eigenvalue weighted by Gasteiger charge is -2.41. The van der Waals surface area contributed by atoms with Gasteiger partial charge in [0.15, 0.2) is 11.6 Å². The second-order valence-electron chi connectivity index (χ2n) is 10.7. The summed E-state index contributed by atoms with van der Waals surface area (Å²) in [6.45, 7) is 2.29. The van der Waals surface area contributed by atoms with Crippen LogP contribution in [0, 0.1) is 24.1 Å². The standard InChI is InChI=1S/C34H27ClF2N6O2/c1-20-6-3-9-22(39-20)18-28(36)33(44)43-17-16-42(19-23(43)14-15-38)32-26-13-12-25(30(37)31(26)40-34(41-32)45-2)24-10-4-7-21-8-5-11-27(35)29(21)24/h3-13,18,23H,14,16-17,19H2,1-2H3/b28-18-. The highest BCUT2D eigenvalue weighted by Crippen LogP contribution is 2.39. The number of carbonyl (C=O) groups excluding carboxylic acids is 1. The molecule has 0 N–H and O–H groups in total. The normalized spacial score (nSPS) is 15.4. The summed E-state index contributed by atoms with van der Waals surface area (Å²) in [4.78, 5) is 29.5. The van der Waals surface area contributed by atoms with E-state index in [0.29, 0.717) is 38.7 Å². The van der Waals surface area contributed by atoms with Crippen LogP contribution in [-0.2, 0) is 4.79 Å². The number of rotatable bonds is 6. The van der Waals surface area contributed by atoms with Crippen molar-refractivity contribution >= 4 is 51.1 Å². The Hall–Kier alpha value is -5.14.